The minimum absolute atomic E-state index is 0. The van der Waals surface area contributed by atoms with Gasteiger partial charge in [-0.05, 0) is 50.7 Å². The summed E-state index contributed by atoms with van der Waals surface area (Å²) in [6.45, 7) is 3.38. The van der Waals surface area contributed by atoms with Crippen LogP contribution in [0.5, 0.6) is 0 Å². The summed E-state index contributed by atoms with van der Waals surface area (Å²) in [4.78, 5) is 54.1. The third-order valence-corrected chi connectivity index (χ3v) is 6.32. The molecule has 2 fully saturated rings. The Morgan fingerprint density at radius 2 is 2.03 bits per heavy atom. The Hall–Kier alpha value is -3.48. The highest BCUT2D eigenvalue weighted by Crippen LogP contribution is 2.27. The van der Waals surface area contributed by atoms with Crippen molar-refractivity contribution in [3.05, 3.63) is 24.2 Å². The zero-order valence-electron chi connectivity index (χ0n) is 21.6. The number of urea groups is 1. The molecule has 1 aliphatic heterocycles. The highest BCUT2D eigenvalue weighted by molar-refractivity contribution is 5.93. The van der Waals surface area contributed by atoms with Crippen LogP contribution in [-0.4, -0.2) is 84.4 Å². The van der Waals surface area contributed by atoms with Crippen LogP contribution in [0.1, 0.15) is 44.8 Å². The van der Waals surface area contributed by atoms with Gasteiger partial charge in [-0.15, -0.1) is 12.4 Å². The van der Waals surface area contributed by atoms with E-state index in [4.69, 9.17) is 20.3 Å². The molecule has 4 amide bonds. The van der Waals surface area contributed by atoms with E-state index < -0.39 is 29.9 Å². The molecule has 0 radical (unpaired) electrons. The first-order chi connectivity index (χ1) is 17.8. The number of ether oxygens (including phenoxy) is 1. The molecule has 0 aromatic carbocycles. The monoisotopic (exact) mass is 555 g/mol. The summed E-state index contributed by atoms with van der Waals surface area (Å²) in [6, 6.07) is 1.44. The Kier molecular flexibility index (Phi) is 12.2. The summed E-state index contributed by atoms with van der Waals surface area (Å²) in [5.74, 6) is -0.804. The Balaban J connectivity index is 0.00000507. The van der Waals surface area contributed by atoms with Gasteiger partial charge in [-0.25, -0.2) is 4.79 Å². The molecule has 2 heterocycles. The molecule has 0 spiro atoms. The number of halogens is 1. The van der Waals surface area contributed by atoms with E-state index in [0.717, 1.165) is 25.7 Å². The third kappa shape index (κ3) is 9.77. The normalized spacial score (nSPS) is 17.4. The zero-order chi connectivity index (χ0) is 26.8. The van der Waals surface area contributed by atoms with Crippen molar-refractivity contribution in [2.75, 3.05) is 32.8 Å². The topological polar surface area (TPSA) is 183 Å². The molecule has 3 rings (SSSR count). The largest absolute Gasteiger partial charge is 0.467 e. The molecule has 14 heteroatoms. The van der Waals surface area contributed by atoms with Gasteiger partial charge in [0.2, 0.25) is 11.8 Å². The van der Waals surface area contributed by atoms with Gasteiger partial charge in [0.15, 0.2) is 5.96 Å². The van der Waals surface area contributed by atoms with E-state index in [1.807, 2.05) is 0 Å². The van der Waals surface area contributed by atoms with Crippen LogP contribution in [0.4, 0.5) is 4.79 Å². The fraction of sp³-hybridized carbons (Fsp3) is 0.625. The van der Waals surface area contributed by atoms with Crippen LogP contribution < -0.4 is 21.7 Å². The van der Waals surface area contributed by atoms with Crippen molar-refractivity contribution in [2.24, 2.45) is 11.7 Å². The molecule has 1 aromatic heterocycles. The maximum absolute atomic E-state index is 13.4. The Bertz CT molecular complexity index is 956. The Morgan fingerprint density at radius 3 is 2.66 bits per heavy atom. The van der Waals surface area contributed by atoms with Gasteiger partial charge in [0.25, 0.3) is 0 Å². The third-order valence-electron chi connectivity index (χ3n) is 6.32. The lowest BCUT2D eigenvalue weighted by atomic mass is 9.98. The standard InChI is InChI=1S/C24H37N7O6.ClH/c1-2-36-21(33)15-31(17-7-8-17)22(34)19(29-24(35)28-13-18-6-4-10-37-18)11-20(32)27-12-16-5-3-9-30(14-16)23(25)26;/h4,6,10,16-17,19H,2-3,5,7-9,11-15H2,1H3,(H3,25,26)(H,27,32)(H2,28,29,35);1H/t16-,19-;/m0./s1. The molecular formula is C24H38ClN7O6. The number of hydrogen-bond acceptors (Lipinski definition) is 7. The second kappa shape index (κ2) is 15.1. The van der Waals surface area contributed by atoms with E-state index in [9.17, 15) is 19.2 Å². The number of nitrogens with two attached hydrogens (primary N) is 1. The lowest BCUT2D eigenvalue weighted by molar-refractivity contribution is -0.150. The zero-order valence-corrected chi connectivity index (χ0v) is 22.4. The van der Waals surface area contributed by atoms with Gasteiger partial charge < -0.3 is 40.6 Å². The fourth-order valence-electron chi connectivity index (χ4n) is 4.28. The van der Waals surface area contributed by atoms with Gasteiger partial charge in [-0.2, -0.15) is 0 Å². The number of furan rings is 1. The molecule has 2 aliphatic rings. The summed E-state index contributed by atoms with van der Waals surface area (Å²) in [5.41, 5.74) is 5.59. The maximum Gasteiger partial charge on any atom is 0.325 e. The summed E-state index contributed by atoms with van der Waals surface area (Å²) in [5, 5.41) is 15.7. The average Bonchev–Trinajstić information content (AvgIpc) is 3.58. The molecule has 0 unspecified atom stereocenters. The summed E-state index contributed by atoms with van der Waals surface area (Å²) < 4.78 is 10.2. The smallest absolute Gasteiger partial charge is 0.325 e. The van der Waals surface area contributed by atoms with Crippen LogP contribution >= 0.6 is 12.4 Å². The van der Waals surface area contributed by atoms with Crippen LogP contribution in [0, 0.1) is 11.3 Å². The molecule has 6 N–H and O–H groups in total. The summed E-state index contributed by atoms with van der Waals surface area (Å²) >= 11 is 0. The van der Waals surface area contributed by atoms with Gasteiger partial charge in [-0.1, -0.05) is 0 Å². The van der Waals surface area contributed by atoms with Crippen LogP contribution in [-0.2, 0) is 25.7 Å². The molecule has 212 valence electrons. The van der Waals surface area contributed by atoms with E-state index in [0.29, 0.717) is 25.4 Å². The lowest BCUT2D eigenvalue weighted by Gasteiger charge is -2.33. The Morgan fingerprint density at radius 1 is 1.26 bits per heavy atom. The van der Waals surface area contributed by atoms with Crippen LogP contribution in [0.3, 0.4) is 0 Å². The van der Waals surface area contributed by atoms with E-state index in [-0.39, 0.29) is 56.4 Å². The van der Waals surface area contributed by atoms with Crippen molar-refractivity contribution >= 4 is 42.2 Å². The predicted octanol–water partition coefficient (Wildman–Crippen LogP) is 0.535. The number of nitrogens with one attached hydrogen (secondary N) is 4. The molecule has 1 saturated heterocycles. The summed E-state index contributed by atoms with van der Waals surface area (Å²) in [6.07, 6.45) is 4.42. The first kappa shape index (κ1) is 30.7. The second-order valence-corrected chi connectivity index (χ2v) is 9.31. The number of amides is 4. The molecule has 1 aliphatic carbocycles. The van der Waals surface area contributed by atoms with Crippen LogP contribution in [0.15, 0.2) is 22.8 Å². The first-order valence-corrected chi connectivity index (χ1v) is 12.6. The van der Waals surface area contributed by atoms with E-state index in [1.54, 1.807) is 24.0 Å². The van der Waals surface area contributed by atoms with Gasteiger partial charge >= 0.3 is 12.0 Å². The molecule has 1 saturated carbocycles. The average molecular weight is 556 g/mol. The van der Waals surface area contributed by atoms with Gasteiger partial charge in [0, 0.05) is 25.7 Å². The molecule has 2 atom stereocenters. The number of carbonyl (C=O) groups excluding carboxylic acids is 4. The number of piperidine rings is 1. The van der Waals surface area contributed by atoms with Gasteiger partial charge in [-0.3, -0.25) is 19.8 Å². The second-order valence-electron chi connectivity index (χ2n) is 9.31. The summed E-state index contributed by atoms with van der Waals surface area (Å²) in [7, 11) is 0. The quantitative estimate of drug-likeness (QED) is 0.140. The van der Waals surface area contributed by atoms with Crippen LogP contribution in [0.2, 0.25) is 0 Å². The van der Waals surface area contributed by atoms with E-state index in [2.05, 4.69) is 16.0 Å². The van der Waals surface area contributed by atoms with E-state index in [1.165, 1.54) is 11.2 Å². The van der Waals surface area contributed by atoms with Crippen molar-refractivity contribution in [1.82, 2.24) is 25.8 Å². The fourth-order valence-corrected chi connectivity index (χ4v) is 4.28. The lowest BCUT2D eigenvalue weighted by Crippen LogP contribution is -2.54. The maximum atomic E-state index is 13.4. The molecule has 38 heavy (non-hydrogen) atoms. The van der Waals surface area contributed by atoms with Crippen molar-refractivity contribution in [3.8, 4) is 0 Å². The molecule has 1 aromatic rings. The molecule has 0 bridgehead atoms. The van der Waals surface area contributed by atoms with E-state index >= 15 is 0 Å². The first-order valence-electron chi connectivity index (χ1n) is 12.6. The van der Waals surface area contributed by atoms with Crippen LogP contribution in [0.25, 0.3) is 0 Å². The predicted molar refractivity (Wildman–Crippen MR) is 140 cm³/mol. The highest BCUT2D eigenvalue weighted by atomic mass is 35.5. The number of likely N-dealkylation sites (tertiary alicyclic amines) is 1. The Labute approximate surface area is 228 Å². The number of rotatable bonds is 12. The highest BCUT2D eigenvalue weighted by Gasteiger charge is 2.38. The number of nitrogens with zero attached hydrogens (tertiary/aromatic N) is 2. The number of carbonyl (C=O) groups is 4. The number of esters is 1. The van der Waals surface area contributed by atoms with Crippen molar-refractivity contribution in [2.45, 2.75) is 57.7 Å². The SMILES string of the molecule is CCOC(=O)CN(C(=O)[C@H](CC(=O)NC[C@@H]1CCCN(C(=N)N)C1)NC(=O)NCc1ccco1)C1CC1.Cl. The van der Waals surface area contributed by atoms with Crippen molar-refractivity contribution in [1.29, 1.82) is 5.41 Å². The van der Waals surface area contributed by atoms with Gasteiger partial charge in [0.05, 0.1) is 25.8 Å². The van der Waals surface area contributed by atoms with Gasteiger partial charge in [0.1, 0.15) is 18.3 Å². The van der Waals surface area contributed by atoms with Crippen molar-refractivity contribution in [3.63, 3.8) is 0 Å². The number of guanidine groups is 1. The molecule has 13 nitrogen and oxygen atoms in total. The number of hydrogen-bond donors (Lipinski definition) is 5. The minimum Gasteiger partial charge on any atom is -0.467 e. The van der Waals surface area contributed by atoms with Crippen molar-refractivity contribution < 1.29 is 28.3 Å². The molecular weight excluding hydrogens is 518 g/mol. The minimum atomic E-state index is -1.17.